The van der Waals surface area contributed by atoms with E-state index in [0.29, 0.717) is 23.3 Å². The highest BCUT2D eigenvalue weighted by molar-refractivity contribution is 6.09. The third-order valence-corrected chi connectivity index (χ3v) is 5.15. The Morgan fingerprint density at radius 3 is 2.50 bits per heavy atom. The Hall–Kier alpha value is -3.41. The van der Waals surface area contributed by atoms with Gasteiger partial charge in [-0.05, 0) is 25.1 Å². The first kappa shape index (κ1) is 18.0. The van der Waals surface area contributed by atoms with Crippen LogP contribution in [0.4, 0.5) is 5.69 Å². The fourth-order valence-electron chi connectivity index (χ4n) is 3.76. The van der Waals surface area contributed by atoms with E-state index in [4.69, 9.17) is 4.98 Å². The Bertz CT molecular complexity index is 1260. The molecule has 0 radical (unpaired) electrons. The van der Waals surface area contributed by atoms with Crippen molar-refractivity contribution in [3.8, 4) is 11.4 Å². The van der Waals surface area contributed by atoms with E-state index in [1.807, 2.05) is 66.9 Å². The third-order valence-electron chi connectivity index (χ3n) is 5.15. The van der Waals surface area contributed by atoms with Gasteiger partial charge < -0.3 is 14.8 Å². The van der Waals surface area contributed by atoms with Gasteiger partial charge >= 0.3 is 0 Å². The second kappa shape index (κ2) is 6.64. The number of amides is 1. The van der Waals surface area contributed by atoms with Crippen molar-refractivity contribution in [1.82, 2.24) is 14.9 Å². The first-order chi connectivity index (χ1) is 13.5. The molecule has 0 fully saturated rings. The van der Waals surface area contributed by atoms with Gasteiger partial charge in [0.25, 0.3) is 5.91 Å². The fourth-order valence-corrected chi connectivity index (χ4v) is 3.76. The summed E-state index contributed by atoms with van der Waals surface area (Å²) in [6.45, 7) is 2.61. The molecule has 0 bridgehead atoms. The molecule has 4 rings (SSSR count). The summed E-state index contributed by atoms with van der Waals surface area (Å²) >= 11 is 0. The molecule has 6 heteroatoms. The minimum atomic E-state index is -0.395. The van der Waals surface area contributed by atoms with Crippen LogP contribution in [0.15, 0.2) is 47.3 Å². The number of nitrogens with one attached hydrogen (secondary N) is 1. The monoisotopic (exact) mass is 374 g/mol. The highest BCUT2D eigenvalue weighted by atomic mass is 16.2. The lowest BCUT2D eigenvalue weighted by atomic mass is 9.97. The number of fused-ring (bicyclic) bond motifs is 4. The van der Waals surface area contributed by atoms with Crippen molar-refractivity contribution >= 4 is 33.4 Å². The van der Waals surface area contributed by atoms with Gasteiger partial charge in [0.15, 0.2) is 0 Å². The van der Waals surface area contributed by atoms with Gasteiger partial charge in [-0.2, -0.15) is 0 Å². The van der Waals surface area contributed by atoms with Crippen molar-refractivity contribution in [3.05, 3.63) is 58.3 Å². The van der Waals surface area contributed by atoms with Gasteiger partial charge in [-0.15, -0.1) is 0 Å². The maximum atomic E-state index is 13.2. The molecule has 1 N–H and O–H groups in total. The van der Waals surface area contributed by atoms with Crippen LogP contribution in [0.25, 0.3) is 33.2 Å². The van der Waals surface area contributed by atoms with Crippen LogP contribution in [0, 0.1) is 0 Å². The number of hydrogen-bond donors (Lipinski definition) is 1. The summed E-state index contributed by atoms with van der Waals surface area (Å²) in [7, 11) is 5.49. The molecule has 1 aliphatic carbocycles. The summed E-state index contributed by atoms with van der Waals surface area (Å²) in [5.41, 5.74) is 3.86. The predicted octanol–water partition coefficient (Wildman–Crippen LogP) is 3.10. The summed E-state index contributed by atoms with van der Waals surface area (Å²) < 4.78 is 2.02. The van der Waals surface area contributed by atoms with Crippen LogP contribution >= 0.6 is 0 Å². The molecule has 1 amide bonds. The van der Waals surface area contributed by atoms with Gasteiger partial charge in [0.2, 0.25) is 5.43 Å². The molecule has 2 aromatic rings. The van der Waals surface area contributed by atoms with E-state index in [1.54, 1.807) is 6.07 Å². The van der Waals surface area contributed by atoms with E-state index < -0.39 is 5.91 Å². The predicted molar refractivity (Wildman–Crippen MR) is 114 cm³/mol. The summed E-state index contributed by atoms with van der Waals surface area (Å²) in [6.07, 6.45) is 0. The largest absolute Gasteiger partial charge is 0.378 e. The number of hydrogen-bond acceptors (Lipinski definition) is 4. The molecule has 0 saturated carbocycles. The average molecular weight is 374 g/mol. The summed E-state index contributed by atoms with van der Waals surface area (Å²) in [6, 6.07) is 13.4. The van der Waals surface area contributed by atoms with E-state index in [1.165, 1.54) is 7.05 Å². The number of carbonyl (C=O) groups is 1. The van der Waals surface area contributed by atoms with Crippen LogP contribution in [0.2, 0.25) is 0 Å². The topological polar surface area (TPSA) is 67.2 Å². The molecule has 0 unspecified atom stereocenters. The molecule has 0 saturated heterocycles. The molecule has 6 nitrogen and oxygen atoms in total. The van der Waals surface area contributed by atoms with Gasteiger partial charge in [-0.25, -0.2) is 4.98 Å². The quantitative estimate of drug-likeness (QED) is 0.442. The molecule has 2 aromatic carbocycles. The number of rotatable bonds is 3. The lowest BCUT2D eigenvalue weighted by molar-refractivity contribution is 0.0962. The Kier molecular flexibility index (Phi) is 4.26. The second-order valence-corrected chi connectivity index (χ2v) is 6.95. The first-order valence-corrected chi connectivity index (χ1v) is 9.26. The Morgan fingerprint density at radius 2 is 1.86 bits per heavy atom. The zero-order valence-electron chi connectivity index (χ0n) is 16.4. The molecular formula is C22H22N4O2. The van der Waals surface area contributed by atoms with Crippen LogP contribution in [0.1, 0.15) is 17.3 Å². The van der Waals surface area contributed by atoms with E-state index >= 15 is 0 Å². The summed E-state index contributed by atoms with van der Waals surface area (Å²) in [4.78, 5) is 32.8. The number of aromatic nitrogens is 2. The second-order valence-electron chi connectivity index (χ2n) is 6.95. The maximum Gasteiger partial charge on any atom is 0.257 e. The number of anilines is 1. The molecule has 0 atom stereocenters. The highest BCUT2D eigenvalue weighted by Crippen LogP contribution is 2.34. The van der Waals surface area contributed by atoms with Gasteiger partial charge in [0.05, 0.1) is 22.4 Å². The van der Waals surface area contributed by atoms with Crippen LogP contribution in [0.5, 0.6) is 0 Å². The molecule has 1 aliphatic heterocycles. The highest BCUT2D eigenvalue weighted by Gasteiger charge is 2.26. The van der Waals surface area contributed by atoms with Crippen LogP contribution in [-0.4, -0.2) is 36.6 Å². The lowest BCUT2D eigenvalue weighted by Gasteiger charge is -2.22. The number of nitrogens with zero attached hydrogens (tertiary/aromatic N) is 3. The number of benzene rings is 3. The normalized spacial score (nSPS) is 11.3. The zero-order chi connectivity index (χ0) is 20.0. The first-order valence-electron chi connectivity index (χ1n) is 9.26. The van der Waals surface area contributed by atoms with E-state index in [0.717, 1.165) is 22.1 Å². The minimum Gasteiger partial charge on any atom is -0.378 e. The number of carbonyl (C=O) groups excluding carboxylic acids is 1. The Morgan fingerprint density at radius 1 is 1.14 bits per heavy atom. The summed E-state index contributed by atoms with van der Waals surface area (Å²) in [5, 5.41) is 3.89. The fraction of sp³-hybridized carbons (Fsp3) is 0.227. The molecular weight excluding hydrogens is 352 g/mol. The Labute approximate surface area is 162 Å². The lowest BCUT2D eigenvalue weighted by Crippen LogP contribution is -2.29. The molecule has 0 spiro atoms. The van der Waals surface area contributed by atoms with Crippen molar-refractivity contribution in [2.45, 2.75) is 13.5 Å². The van der Waals surface area contributed by atoms with Gasteiger partial charge in [0.1, 0.15) is 5.56 Å². The molecule has 0 aromatic heterocycles. The third kappa shape index (κ3) is 2.52. The number of aryl methyl sites for hydroxylation is 1. The van der Waals surface area contributed by atoms with Crippen molar-refractivity contribution in [2.75, 3.05) is 26.0 Å². The van der Waals surface area contributed by atoms with Gasteiger partial charge in [-0.1, -0.05) is 24.3 Å². The van der Waals surface area contributed by atoms with E-state index in [9.17, 15) is 9.59 Å². The Balaban J connectivity index is 2.30. The zero-order valence-corrected chi connectivity index (χ0v) is 16.4. The van der Waals surface area contributed by atoms with Crippen molar-refractivity contribution < 1.29 is 4.79 Å². The van der Waals surface area contributed by atoms with E-state index in [-0.39, 0.29) is 11.0 Å². The molecule has 28 heavy (non-hydrogen) atoms. The standard InChI is InChI=1S/C22H22N4O2/c1-5-26-17-12-13(25(3)4)10-11-16(17)24-19-14-8-6-7-9-15(14)21(27)18(20(19)26)22(28)23-2/h6-12H,5H2,1-4H3,(H,23,28). The molecule has 1 heterocycles. The maximum absolute atomic E-state index is 13.2. The minimum absolute atomic E-state index is 0.141. The van der Waals surface area contributed by atoms with Crippen LogP contribution < -0.4 is 15.6 Å². The van der Waals surface area contributed by atoms with E-state index in [2.05, 4.69) is 5.32 Å². The van der Waals surface area contributed by atoms with Gasteiger partial charge in [0, 0.05) is 44.1 Å². The van der Waals surface area contributed by atoms with Crippen molar-refractivity contribution in [1.29, 1.82) is 0 Å². The smallest absolute Gasteiger partial charge is 0.257 e. The van der Waals surface area contributed by atoms with Crippen LogP contribution in [-0.2, 0) is 6.54 Å². The molecule has 2 aliphatic rings. The van der Waals surface area contributed by atoms with Crippen molar-refractivity contribution in [3.63, 3.8) is 0 Å². The van der Waals surface area contributed by atoms with Crippen molar-refractivity contribution in [2.24, 2.45) is 0 Å². The molecule has 142 valence electrons. The van der Waals surface area contributed by atoms with Gasteiger partial charge in [-0.3, -0.25) is 9.59 Å². The average Bonchev–Trinajstić information content (AvgIpc) is 2.72. The SMILES string of the molecule is CCn1c2c(C(=O)NC)c(=O)c3ccccc3c-2nc2ccc(N(C)C)cc21. The van der Waals surface area contributed by atoms with Crippen LogP contribution in [0.3, 0.4) is 0 Å². The summed E-state index contributed by atoms with van der Waals surface area (Å²) in [5.74, 6) is -0.395.